The maximum Gasteiger partial charge on any atom is 0.213 e. The van der Waals surface area contributed by atoms with E-state index in [0.29, 0.717) is 18.2 Å². The molecule has 1 aliphatic rings. The molecule has 0 bridgehead atoms. The first-order chi connectivity index (χ1) is 11.4. The van der Waals surface area contributed by atoms with Crippen molar-refractivity contribution in [3.05, 3.63) is 29.8 Å². The zero-order chi connectivity index (χ0) is 17.6. The number of hydrogen-bond acceptors (Lipinski definition) is 4. The normalized spacial score (nSPS) is 19.7. The molecule has 1 atom stereocenters. The minimum atomic E-state index is -3.10. The van der Waals surface area contributed by atoms with Gasteiger partial charge in [0.2, 0.25) is 10.0 Å². The molecule has 0 spiro atoms. The second kappa shape index (κ2) is 8.83. The lowest BCUT2D eigenvalue weighted by atomic mass is 9.95. The molecule has 136 valence electrons. The number of rotatable bonds is 8. The summed E-state index contributed by atoms with van der Waals surface area (Å²) >= 11 is 0. The summed E-state index contributed by atoms with van der Waals surface area (Å²) in [6.45, 7) is 1.91. The molecule has 5 nitrogen and oxygen atoms in total. The van der Waals surface area contributed by atoms with Crippen LogP contribution in [0.25, 0.3) is 0 Å². The second-order valence-electron chi connectivity index (χ2n) is 6.85. The highest BCUT2D eigenvalue weighted by Crippen LogP contribution is 2.22. The molecular weight excluding hydrogens is 324 g/mol. The Morgan fingerprint density at radius 2 is 2.08 bits per heavy atom. The first-order valence-electron chi connectivity index (χ1n) is 8.80. The molecule has 0 aliphatic carbocycles. The number of sulfonamides is 1. The highest BCUT2D eigenvalue weighted by Gasteiger charge is 2.23. The summed E-state index contributed by atoms with van der Waals surface area (Å²) in [5.41, 5.74) is 1.16. The second-order valence-corrected chi connectivity index (χ2v) is 9.15. The fourth-order valence-corrected chi connectivity index (χ4v) is 4.22. The van der Waals surface area contributed by atoms with Crippen LogP contribution in [0.5, 0.6) is 5.75 Å². The summed E-state index contributed by atoms with van der Waals surface area (Å²) in [7, 11) is 0.0855. The van der Waals surface area contributed by atoms with Crippen molar-refractivity contribution in [1.29, 1.82) is 0 Å². The molecule has 2 rings (SSSR count). The van der Waals surface area contributed by atoms with Gasteiger partial charge in [-0.2, -0.15) is 0 Å². The Morgan fingerprint density at radius 1 is 1.29 bits per heavy atom. The Bertz CT molecular complexity index is 616. The zero-order valence-electron chi connectivity index (χ0n) is 14.8. The SMILES string of the molecule is CN(C)S(=O)(=O)CCCN1CCCCC1CCc1cccc(O)c1. The third-order valence-electron chi connectivity index (χ3n) is 4.83. The van der Waals surface area contributed by atoms with Gasteiger partial charge < -0.3 is 10.0 Å². The van der Waals surface area contributed by atoms with E-state index >= 15 is 0 Å². The first kappa shape index (κ1) is 19.2. The van der Waals surface area contributed by atoms with Crippen molar-refractivity contribution in [3.63, 3.8) is 0 Å². The van der Waals surface area contributed by atoms with Crippen LogP contribution in [0.1, 0.15) is 37.7 Å². The van der Waals surface area contributed by atoms with Gasteiger partial charge in [0.15, 0.2) is 0 Å². The molecule has 6 heteroatoms. The van der Waals surface area contributed by atoms with Gasteiger partial charge in [-0.1, -0.05) is 18.6 Å². The minimum Gasteiger partial charge on any atom is -0.508 e. The van der Waals surface area contributed by atoms with Crippen LogP contribution in [0.4, 0.5) is 0 Å². The quantitative estimate of drug-likeness (QED) is 0.779. The number of phenolic OH excluding ortho intramolecular Hbond substituents is 1. The first-order valence-corrected chi connectivity index (χ1v) is 10.4. The van der Waals surface area contributed by atoms with Gasteiger partial charge in [-0.15, -0.1) is 0 Å². The Balaban J connectivity index is 1.84. The van der Waals surface area contributed by atoms with Crippen molar-refractivity contribution in [2.45, 2.75) is 44.6 Å². The van der Waals surface area contributed by atoms with E-state index in [1.807, 2.05) is 12.1 Å². The van der Waals surface area contributed by atoms with E-state index in [9.17, 15) is 13.5 Å². The molecule has 0 aromatic heterocycles. The molecule has 0 radical (unpaired) electrons. The van der Waals surface area contributed by atoms with Gasteiger partial charge in [-0.05, 0) is 62.9 Å². The lowest BCUT2D eigenvalue weighted by molar-refractivity contribution is 0.141. The maximum absolute atomic E-state index is 11.9. The molecule has 1 saturated heterocycles. The average Bonchev–Trinajstić information content (AvgIpc) is 2.54. The Kier molecular flexibility index (Phi) is 7.07. The molecule has 0 amide bonds. The summed E-state index contributed by atoms with van der Waals surface area (Å²) in [6, 6.07) is 7.98. The van der Waals surface area contributed by atoms with Gasteiger partial charge in [0.1, 0.15) is 5.75 Å². The van der Waals surface area contributed by atoms with Gasteiger partial charge in [-0.3, -0.25) is 0 Å². The zero-order valence-corrected chi connectivity index (χ0v) is 15.6. The monoisotopic (exact) mass is 354 g/mol. The fourth-order valence-electron chi connectivity index (χ4n) is 3.36. The van der Waals surface area contributed by atoms with Crippen LogP contribution in [-0.4, -0.2) is 61.7 Å². The number of aromatic hydroxyl groups is 1. The molecule has 1 heterocycles. The van der Waals surface area contributed by atoms with Crippen LogP contribution in [0, 0.1) is 0 Å². The fraction of sp³-hybridized carbons (Fsp3) is 0.667. The van der Waals surface area contributed by atoms with Gasteiger partial charge in [-0.25, -0.2) is 12.7 Å². The van der Waals surface area contributed by atoms with Crippen molar-refractivity contribution in [2.24, 2.45) is 0 Å². The third-order valence-corrected chi connectivity index (χ3v) is 6.75. The summed E-state index contributed by atoms with van der Waals surface area (Å²) in [5, 5.41) is 9.57. The Hall–Kier alpha value is -1.11. The van der Waals surface area contributed by atoms with E-state index in [1.165, 1.54) is 23.6 Å². The van der Waals surface area contributed by atoms with Gasteiger partial charge in [0.05, 0.1) is 5.75 Å². The van der Waals surface area contributed by atoms with Gasteiger partial charge in [0.25, 0.3) is 0 Å². The topological polar surface area (TPSA) is 60.9 Å². The Morgan fingerprint density at radius 3 is 2.79 bits per heavy atom. The maximum atomic E-state index is 11.9. The highest BCUT2D eigenvalue weighted by molar-refractivity contribution is 7.89. The van der Waals surface area contributed by atoms with E-state index in [4.69, 9.17) is 0 Å². The average molecular weight is 355 g/mol. The van der Waals surface area contributed by atoms with Crippen molar-refractivity contribution in [2.75, 3.05) is 32.9 Å². The standard InChI is InChI=1S/C18H30N2O3S/c1-19(2)24(22,23)14-6-13-20-12-4-3-8-17(20)11-10-16-7-5-9-18(21)15-16/h5,7,9,15,17,21H,3-4,6,8,10-14H2,1-2H3. The van der Waals surface area contributed by atoms with Crippen molar-refractivity contribution in [3.8, 4) is 5.75 Å². The van der Waals surface area contributed by atoms with Crippen molar-refractivity contribution < 1.29 is 13.5 Å². The van der Waals surface area contributed by atoms with Gasteiger partial charge >= 0.3 is 0 Å². The number of piperidine rings is 1. The van der Waals surface area contributed by atoms with E-state index < -0.39 is 10.0 Å². The van der Waals surface area contributed by atoms with Crippen molar-refractivity contribution in [1.82, 2.24) is 9.21 Å². The number of benzene rings is 1. The van der Waals surface area contributed by atoms with Crippen LogP contribution in [0.15, 0.2) is 24.3 Å². The number of likely N-dealkylation sites (tertiary alicyclic amines) is 1. The molecular formula is C18H30N2O3S. The molecule has 24 heavy (non-hydrogen) atoms. The molecule has 1 aliphatic heterocycles. The van der Waals surface area contributed by atoms with E-state index in [1.54, 1.807) is 20.2 Å². The van der Waals surface area contributed by atoms with Crippen LogP contribution < -0.4 is 0 Å². The molecule has 0 saturated carbocycles. The lowest BCUT2D eigenvalue weighted by Crippen LogP contribution is -2.41. The molecule has 1 fully saturated rings. The highest BCUT2D eigenvalue weighted by atomic mass is 32.2. The smallest absolute Gasteiger partial charge is 0.213 e. The number of phenols is 1. The lowest BCUT2D eigenvalue weighted by Gasteiger charge is -2.36. The molecule has 1 N–H and O–H groups in total. The Labute approximate surface area is 146 Å². The third kappa shape index (κ3) is 5.76. The summed E-state index contributed by atoms with van der Waals surface area (Å²) in [6.07, 6.45) is 6.32. The summed E-state index contributed by atoms with van der Waals surface area (Å²) < 4.78 is 25.1. The number of nitrogens with zero attached hydrogens (tertiary/aromatic N) is 2. The number of hydrogen-bond donors (Lipinski definition) is 1. The molecule has 1 aromatic carbocycles. The van der Waals surface area contributed by atoms with Crippen molar-refractivity contribution >= 4 is 10.0 Å². The summed E-state index contributed by atoms with van der Waals surface area (Å²) in [5.74, 6) is 0.539. The van der Waals surface area contributed by atoms with Crippen LogP contribution in [0.2, 0.25) is 0 Å². The number of aryl methyl sites for hydroxylation is 1. The van der Waals surface area contributed by atoms with Crippen LogP contribution >= 0.6 is 0 Å². The summed E-state index contributed by atoms with van der Waals surface area (Å²) in [4.78, 5) is 2.46. The predicted octanol–water partition coefficient (Wildman–Crippen LogP) is 2.46. The largest absolute Gasteiger partial charge is 0.508 e. The molecule has 1 unspecified atom stereocenters. The van der Waals surface area contributed by atoms with E-state index in [-0.39, 0.29) is 5.75 Å². The molecule has 1 aromatic rings. The van der Waals surface area contributed by atoms with Gasteiger partial charge in [0, 0.05) is 20.1 Å². The minimum absolute atomic E-state index is 0.218. The predicted molar refractivity (Wildman–Crippen MR) is 97.7 cm³/mol. The van der Waals surface area contributed by atoms with E-state index in [0.717, 1.165) is 31.5 Å². The van der Waals surface area contributed by atoms with E-state index in [2.05, 4.69) is 11.0 Å². The van der Waals surface area contributed by atoms with Crippen LogP contribution in [0.3, 0.4) is 0 Å². The van der Waals surface area contributed by atoms with Crippen LogP contribution in [-0.2, 0) is 16.4 Å².